The summed E-state index contributed by atoms with van der Waals surface area (Å²) in [5.41, 5.74) is 2.03. The smallest absolute Gasteiger partial charge is 0.310 e. The molecule has 0 spiro atoms. The third kappa shape index (κ3) is 2.30. The summed E-state index contributed by atoms with van der Waals surface area (Å²) in [6, 6.07) is 9.41. The molecule has 3 aromatic rings. The topological polar surface area (TPSA) is 45.8 Å². The molecular formula is C16H12N2O2S2. The van der Waals surface area contributed by atoms with E-state index < -0.39 is 0 Å². The molecule has 0 bridgehead atoms. The van der Waals surface area contributed by atoms with Crippen molar-refractivity contribution in [2.45, 2.75) is 12.5 Å². The van der Waals surface area contributed by atoms with E-state index in [1.54, 1.807) is 39.8 Å². The normalized spacial score (nSPS) is 17.7. The van der Waals surface area contributed by atoms with E-state index in [1.807, 2.05) is 29.0 Å². The molecule has 0 radical (unpaired) electrons. The Hall–Kier alpha value is -2.18. The van der Waals surface area contributed by atoms with Gasteiger partial charge in [0.1, 0.15) is 0 Å². The summed E-state index contributed by atoms with van der Waals surface area (Å²) in [6.45, 7) is 0. The van der Waals surface area contributed by atoms with Gasteiger partial charge < -0.3 is 4.42 Å². The minimum Gasteiger partial charge on any atom is -0.459 e. The fourth-order valence-electron chi connectivity index (χ4n) is 2.52. The first kappa shape index (κ1) is 13.5. The predicted octanol–water partition coefficient (Wildman–Crippen LogP) is 4.39. The van der Waals surface area contributed by atoms with Crippen molar-refractivity contribution >= 4 is 34.3 Å². The van der Waals surface area contributed by atoms with Crippen LogP contribution in [0.4, 0.5) is 0 Å². The Morgan fingerprint density at radius 3 is 2.91 bits per heavy atom. The molecular weight excluding hydrogens is 316 g/mol. The average Bonchev–Trinajstić information content (AvgIpc) is 3.35. The SMILES string of the molecule is O=C(c1ccco1)N1N=C(c2ccsc2)C[C@H]1c1cccs1. The van der Waals surface area contributed by atoms with Crippen LogP contribution in [0.15, 0.2) is 62.3 Å². The zero-order chi connectivity index (χ0) is 14.9. The highest BCUT2D eigenvalue weighted by Crippen LogP contribution is 2.36. The molecule has 4 heterocycles. The first-order valence-electron chi connectivity index (χ1n) is 6.83. The van der Waals surface area contributed by atoms with Gasteiger partial charge in [0.05, 0.1) is 18.0 Å². The number of hydrogen-bond acceptors (Lipinski definition) is 5. The molecule has 4 nitrogen and oxygen atoms in total. The first-order chi connectivity index (χ1) is 10.8. The average molecular weight is 328 g/mol. The molecule has 3 aromatic heterocycles. The molecule has 0 saturated carbocycles. The van der Waals surface area contributed by atoms with Gasteiger partial charge in [0, 0.05) is 16.9 Å². The maximum absolute atomic E-state index is 12.7. The number of hydrazone groups is 1. The molecule has 1 amide bonds. The zero-order valence-electron chi connectivity index (χ0n) is 11.5. The van der Waals surface area contributed by atoms with Crippen LogP contribution in [-0.2, 0) is 0 Å². The Bertz CT molecular complexity index is 789. The molecule has 1 atom stereocenters. The third-order valence-corrected chi connectivity index (χ3v) is 5.23. The van der Waals surface area contributed by atoms with Crippen molar-refractivity contribution in [2.75, 3.05) is 0 Å². The van der Waals surface area contributed by atoms with Crippen LogP contribution >= 0.6 is 22.7 Å². The van der Waals surface area contributed by atoms with E-state index in [1.165, 1.54) is 6.26 Å². The second-order valence-corrected chi connectivity index (χ2v) is 6.68. The standard InChI is InChI=1S/C16H12N2O2S2/c19-16(14-3-1-6-20-14)18-13(15-4-2-7-22-15)9-12(17-18)11-5-8-21-10-11/h1-8,10,13H,9H2/t13-/m0/s1. The monoisotopic (exact) mass is 328 g/mol. The molecule has 0 aliphatic carbocycles. The van der Waals surface area contributed by atoms with E-state index in [2.05, 4.69) is 10.5 Å². The van der Waals surface area contributed by atoms with Crippen molar-refractivity contribution in [1.82, 2.24) is 5.01 Å². The Kier molecular flexibility index (Phi) is 3.40. The first-order valence-corrected chi connectivity index (χ1v) is 8.65. The van der Waals surface area contributed by atoms with Crippen LogP contribution in [0.1, 0.15) is 33.5 Å². The molecule has 0 fully saturated rings. The number of furan rings is 1. The van der Waals surface area contributed by atoms with Crippen molar-refractivity contribution in [3.05, 3.63) is 68.9 Å². The van der Waals surface area contributed by atoms with Gasteiger partial charge >= 0.3 is 5.91 Å². The Morgan fingerprint density at radius 2 is 2.23 bits per heavy atom. The predicted molar refractivity (Wildman–Crippen MR) is 87.4 cm³/mol. The second-order valence-electron chi connectivity index (χ2n) is 4.92. The minimum absolute atomic E-state index is 0.0625. The largest absolute Gasteiger partial charge is 0.459 e. The van der Waals surface area contributed by atoms with Gasteiger partial charge in [0.15, 0.2) is 5.76 Å². The summed E-state index contributed by atoms with van der Waals surface area (Å²) >= 11 is 3.27. The van der Waals surface area contributed by atoms with E-state index >= 15 is 0 Å². The molecule has 0 N–H and O–H groups in total. The van der Waals surface area contributed by atoms with E-state index in [-0.39, 0.29) is 11.9 Å². The molecule has 1 aliphatic rings. The Morgan fingerprint density at radius 1 is 1.27 bits per heavy atom. The van der Waals surface area contributed by atoms with Crippen molar-refractivity contribution < 1.29 is 9.21 Å². The highest BCUT2D eigenvalue weighted by atomic mass is 32.1. The van der Waals surface area contributed by atoms with Crippen molar-refractivity contribution in [3.63, 3.8) is 0 Å². The lowest BCUT2D eigenvalue weighted by Crippen LogP contribution is -2.26. The zero-order valence-corrected chi connectivity index (χ0v) is 13.1. The number of hydrogen-bond donors (Lipinski definition) is 0. The molecule has 0 saturated heterocycles. The van der Waals surface area contributed by atoms with Gasteiger partial charge in [-0.1, -0.05) is 6.07 Å². The van der Waals surface area contributed by atoms with Crippen LogP contribution in [-0.4, -0.2) is 16.6 Å². The number of rotatable bonds is 3. The lowest BCUT2D eigenvalue weighted by molar-refractivity contribution is 0.0681. The quantitative estimate of drug-likeness (QED) is 0.715. The van der Waals surface area contributed by atoms with Gasteiger partial charge in [0.25, 0.3) is 0 Å². The van der Waals surface area contributed by atoms with Crippen molar-refractivity contribution in [3.8, 4) is 0 Å². The molecule has 1 aliphatic heterocycles. The summed E-state index contributed by atoms with van der Waals surface area (Å²) in [6.07, 6.45) is 2.23. The molecule has 22 heavy (non-hydrogen) atoms. The maximum Gasteiger partial charge on any atom is 0.310 e. The van der Waals surface area contributed by atoms with Gasteiger partial charge in [-0.2, -0.15) is 16.4 Å². The van der Waals surface area contributed by atoms with Crippen LogP contribution < -0.4 is 0 Å². The van der Waals surface area contributed by atoms with Crippen molar-refractivity contribution in [2.24, 2.45) is 5.10 Å². The van der Waals surface area contributed by atoms with E-state index in [9.17, 15) is 4.79 Å². The molecule has 110 valence electrons. The van der Waals surface area contributed by atoms with E-state index in [0.717, 1.165) is 22.6 Å². The minimum atomic E-state index is -0.200. The van der Waals surface area contributed by atoms with Crippen LogP contribution in [0.3, 0.4) is 0 Å². The number of nitrogens with zero attached hydrogens (tertiary/aromatic N) is 2. The fourth-order valence-corrected chi connectivity index (χ4v) is 3.99. The van der Waals surface area contributed by atoms with Crippen LogP contribution in [0.25, 0.3) is 0 Å². The second kappa shape index (κ2) is 5.55. The number of carbonyl (C=O) groups excluding carboxylic acids is 1. The van der Waals surface area contributed by atoms with Gasteiger partial charge in [0.2, 0.25) is 0 Å². The van der Waals surface area contributed by atoms with Crippen molar-refractivity contribution in [1.29, 1.82) is 0 Å². The summed E-state index contributed by atoms with van der Waals surface area (Å²) < 4.78 is 5.24. The highest BCUT2D eigenvalue weighted by Gasteiger charge is 2.35. The molecule has 0 unspecified atom stereocenters. The van der Waals surface area contributed by atoms with Crippen LogP contribution in [0.2, 0.25) is 0 Å². The lowest BCUT2D eigenvalue weighted by Gasteiger charge is -2.19. The van der Waals surface area contributed by atoms with Crippen LogP contribution in [0.5, 0.6) is 0 Å². The molecule has 6 heteroatoms. The Labute approximate surface area is 135 Å². The van der Waals surface area contributed by atoms with Gasteiger partial charge in [-0.15, -0.1) is 11.3 Å². The summed E-state index contributed by atoms with van der Waals surface area (Å²) in [5.74, 6) is 0.116. The van der Waals surface area contributed by atoms with Crippen LogP contribution in [0, 0.1) is 0 Å². The van der Waals surface area contributed by atoms with Gasteiger partial charge in [-0.05, 0) is 40.4 Å². The summed E-state index contributed by atoms with van der Waals surface area (Å²) in [7, 11) is 0. The maximum atomic E-state index is 12.7. The number of carbonyl (C=O) groups is 1. The van der Waals surface area contributed by atoms with Gasteiger partial charge in [-0.3, -0.25) is 4.79 Å². The third-order valence-electron chi connectivity index (χ3n) is 3.58. The summed E-state index contributed by atoms with van der Waals surface area (Å²) in [4.78, 5) is 13.8. The number of amides is 1. The lowest BCUT2D eigenvalue weighted by atomic mass is 10.1. The highest BCUT2D eigenvalue weighted by molar-refractivity contribution is 7.10. The molecule has 0 aromatic carbocycles. The van der Waals surface area contributed by atoms with E-state index in [4.69, 9.17) is 4.42 Å². The fraction of sp³-hybridized carbons (Fsp3) is 0.125. The van der Waals surface area contributed by atoms with Gasteiger partial charge in [-0.25, -0.2) is 5.01 Å². The number of thiophene rings is 2. The molecule has 4 rings (SSSR count). The van der Waals surface area contributed by atoms with E-state index in [0.29, 0.717) is 5.76 Å². The summed E-state index contributed by atoms with van der Waals surface area (Å²) in [5, 5.41) is 12.2. The Balaban J connectivity index is 1.71.